The zero-order valence-corrected chi connectivity index (χ0v) is 14.0. The predicted octanol–water partition coefficient (Wildman–Crippen LogP) is 3.18. The van der Waals surface area contributed by atoms with Crippen LogP contribution in [0, 0.1) is 15.5 Å². The van der Waals surface area contributed by atoms with Crippen LogP contribution in [-0.4, -0.2) is 28.6 Å². The molecule has 3 rings (SSSR count). The summed E-state index contributed by atoms with van der Waals surface area (Å²) in [6, 6.07) is 6.16. The van der Waals surface area contributed by atoms with Gasteiger partial charge in [0, 0.05) is 49.2 Å². The maximum atomic E-state index is 12.8. The number of nitro groups is 1. The van der Waals surface area contributed by atoms with E-state index < -0.39 is 4.92 Å². The molecule has 6 heteroatoms. The first-order chi connectivity index (χ1) is 11.2. The molecule has 2 aliphatic rings. The summed E-state index contributed by atoms with van der Waals surface area (Å²) in [5.74, 6) is -0.264. The fourth-order valence-electron chi connectivity index (χ4n) is 3.67. The van der Waals surface area contributed by atoms with E-state index in [1.54, 1.807) is 24.1 Å². The van der Waals surface area contributed by atoms with Crippen LogP contribution in [0.1, 0.15) is 44.6 Å². The average molecular weight is 328 g/mol. The van der Waals surface area contributed by atoms with Gasteiger partial charge in [-0.2, -0.15) is 0 Å². The van der Waals surface area contributed by atoms with E-state index in [4.69, 9.17) is 0 Å². The number of benzene rings is 1. The fraction of sp³-hybridized carbons (Fsp3) is 0.444. The summed E-state index contributed by atoms with van der Waals surface area (Å²) in [6.07, 6.45) is 1.36. The Morgan fingerprint density at radius 2 is 1.79 bits per heavy atom. The molecule has 1 atom stereocenters. The minimum atomic E-state index is -0.456. The molecule has 0 fully saturated rings. The smallest absolute Gasteiger partial charge is 0.269 e. The summed E-state index contributed by atoms with van der Waals surface area (Å²) < 4.78 is 0. The summed E-state index contributed by atoms with van der Waals surface area (Å²) in [5, 5.41) is 10.8. The SMILES string of the molecule is CN1C(=O)CC(c2ccc([N+](=O)[O-])cc2)C2=C1CC(C)(C)CC2=O. The molecule has 1 heterocycles. The number of allylic oxidation sites excluding steroid dienone is 2. The zero-order chi connectivity index (χ0) is 17.6. The molecule has 0 saturated carbocycles. The molecule has 0 aromatic heterocycles. The van der Waals surface area contributed by atoms with Crippen LogP contribution in [0.3, 0.4) is 0 Å². The lowest BCUT2D eigenvalue weighted by Gasteiger charge is -2.41. The number of Topliss-reactive ketones (excluding diaryl/α,β-unsaturated/α-hetero) is 1. The number of carbonyl (C=O) groups excluding carboxylic acids is 2. The molecule has 1 amide bonds. The molecule has 0 bridgehead atoms. The summed E-state index contributed by atoms with van der Waals surface area (Å²) in [5.41, 5.74) is 2.12. The largest absolute Gasteiger partial charge is 0.319 e. The number of nitrogens with zero attached hydrogens (tertiary/aromatic N) is 2. The topological polar surface area (TPSA) is 80.5 Å². The van der Waals surface area contributed by atoms with E-state index in [2.05, 4.69) is 0 Å². The summed E-state index contributed by atoms with van der Waals surface area (Å²) in [4.78, 5) is 37.1. The van der Waals surface area contributed by atoms with Crippen molar-refractivity contribution >= 4 is 17.4 Å². The van der Waals surface area contributed by atoms with Gasteiger partial charge in [-0.1, -0.05) is 26.0 Å². The standard InChI is InChI=1S/C18H20N2O4/c1-18(2)9-14-17(15(21)10-18)13(8-16(22)19(14)3)11-4-6-12(7-5-11)20(23)24/h4-7,13H,8-10H2,1-3H3. The van der Waals surface area contributed by atoms with Crippen LogP contribution in [0.5, 0.6) is 0 Å². The number of carbonyl (C=O) groups is 2. The van der Waals surface area contributed by atoms with E-state index in [0.717, 1.165) is 11.3 Å². The third kappa shape index (κ3) is 2.72. The number of amides is 1. The number of hydrogen-bond donors (Lipinski definition) is 0. The highest BCUT2D eigenvalue weighted by molar-refractivity contribution is 6.02. The van der Waals surface area contributed by atoms with Gasteiger partial charge in [0.2, 0.25) is 5.91 Å². The number of non-ortho nitro benzene ring substituents is 1. The van der Waals surface area contributed by atoms with E-state index >= 15 is 0 Å². The number of hydrogen-bond acceptors (Lipinski definition) is 4. The number of ketones is 1. The molecule has 1 aromatic rings. The van der Waals surface area contributed by atoms with Crippen LogP contribution in [-0.2, 0) is 9.59 Å². The van der Waals surface area contributed by atoms with E-state index in [9.17, 15) is 19.7 Å². The molecule has 0 radical (unpaired) electrons. The van der Waals surface area contributed by atoms with Crippen LogP contribution in [0.25, 0.3) is 0 Å². The van der Waals surface area contributed by atoms with Gasteiger partial charge in [-0.3, -0.25) is 19.7 Å². The molecular weight excluding hydrogens is 308 g/mol. The average Bonchev–Trinajstić information content (AvgIpc) is 2.50. The van der Waals surface area contributed by atoms with Gasteiger partial charge in [-0.15, -0.1) is 0 Å². The normalized spacial score (nSPS) is 23.3. The molecule has 126 valence electrons. The summed E-state index contributed by atoms with van der Waals surface area (Å²) >= 11 is 0. The zero-order valence-electron chi connectivity index (χ0n) is 14.0. The van der Waals surface area contributed by atoms with Crippen molar-refractivity contribution in [2.24, 2.45) is 5.41 Å². The molecule has 0 saturated heterocycles. The van der Waals surface area contributed by atoms with Gasteiger partial charge in [0.15, 0.2) is 5.78 Å². The highest BCUT2D eigenvalue weighted by Crippen LogP contribution is 2.46. The van der Waals surface area contributed by atoms with Gasteiger partial charge in [-0.25, -0.2) is 0 Å². The van der Waals surface area contributed by atoms with Gasteiger partial charge < -0.3 is 4.90 Å². The third-order valence-electron chi connectivity index (χ3n) is 4.91. The second-order valence-corrected chi connectivity index (χ2v) is 7.36. The van der Waals surface area contributed by atoms with Gasteiger partial charge in [0.05, 0.1) is 4.92 Å². The van der Waals surface area contributed by atoms with E-state index in [-0.39, 0.29) is 35.1 Å². The Kier molecular flexibility index (Phi) is 3.78. The molecule has 1 aliphatic heterocycles. The molecule has 0 spiro atoms. The monoisotopic (exact) mass is 328 g/mol. The minimum absolute atomic E-state index is 0.00307. The summed E-state index contributed by atoms with van der Waals surface area (Å²) in [6.45, 7) is 4.06. The second-order valence-electron chi connectivity index (χ2n) is 7.36. The lowest BCUT2D eigenvalue weighted by molar-refractivity contribution is -0.384. The predicted molar refractivity (Wildman–Crippen MR) is 88.3 cm³/mol. The maximum absolute atomic E-state index is 12.8. The van der Waals surface area contributed by atoms with Crippen LogP contribution in [0.4, 0.5) is 5.69 Å². The summed E-state index contributed by atoms with van der Waals surface area (Å²) in [7, 11) is 1.72. The van der Waals surface area contributed by atoms with Crippen molar-refractivity contribution in [3.05, 3.63) is 51.2 Å². The second kappa shape index (κ2) is 5.54. The molecule has 6 nitrogen and oxygen atoms in total. The van der Waals surface area contributed by atoms with Crippen molar-refractivity contribution in [2.45, 2.75) is 39.0 Å². The van der Waals surface area contributed by atoms with Crippen LogP contribution in [0.2, 0.25) is 0 Å². The van der Waals surface area contributed by atoms with Crippen molar-refractivity contribution in [3.8, 4) is 0 Å². The Morgan fingerprint density at radius 1 is 1.17 bits per heavy atom. The van der Waals surface area contributed by atoms with Crippen LogP contribution < -0.4 is 0 Å². The lowest BCUT2D eigenvalue weighted by atomic mass is 9.69. The van der Waals surface area contributed by atoms with E-state index in [0.29, 0.717) is 18.4 Å². The van der Waals surface area contributed by atoms with Gasteiger partial charge in [0.25, 0.3) is 5.69 Å². The van der Waals surface area contributed by atoms with Gasteiger partial charge in [0.1, 0.15) is 0 Å². The first kappa shape index (κ1) is 16.4. The Hall–Kier alpha value is -2.50. The van der Waals surface area contributed by atoms with Crippen molar-refractivity contribution < 1.29 is 14.5 Å². The molecule has 1 aromatic carbocycles. The van der Waals surface area contributed by atoms with Crippen molar-refractivity contribution in [1.82, 2.24) is 4.90 Å². The molecular formula is C18H20N2O4. The first-order valence-corrected chi connectivity index (χ1v) is 7.97. The highest BCUT2D eigenvalue weighted by atomic mass is 16.6. The Morgan fingerprint density at radius 3 is 2.38 bits per heavy atom. The Balaban J connectivity index is 2.07. The van der Waals surface area contributed by atoms with Gasteiger partial charge in [-0.05, 0) is 17.4 Å². The first-order valence-electron chi connectivity index (χ1n) is 7.97. The molecule has 1 aliphatic carbocycles. The minimum Gasteiger partial charge on any atom is -0.319 e. The fourth-order valence-corrected chi connectivity index (χ4v) is 3.67. The van der Waals surface area contributed by atoms with Crippen LogP contribution in [0.15, 0.2) is 35.5 Å². The van der Waals surface area contributed by atoms with Crippen molar-refractivity contribution in [2.75, 3.05) is 7.05 Å². The third-order valence-corrected chi connectivity index (χ3v) is 4.91. The number of rotatable bonds is 2. The van der Waals surface area contributed by atoms with Crippen molar-refractivity contribution in [3.63, 3.8) is 0 Å². The Bertz CT molecular complexity index is 762. The lowest BCUT2D eigenvalue weighted by Crippen LogP contribution is -2.41. The van der Waals surface area contributed by atoms with E-state index in [1.165, 1.54) is 12.1 Å². The Labute approximate surface area is 140 Å². The maximum Gasteiger partial charge on any atom is 0.269 e. The molecule has 1 unspecified atom stereocenters. The molecule has 24 heavy (non-hydrogen) atoms. The van der Waals surface area contributed by atoms with Gasteiger partial charge >= 0.3 is 0 Å². The number of nitro benzene ring substituents is 1. The highest BCUT2D eigenvalue weighted by Gasteiger charge is 2.42. The molecule has 0 N–H and O–H groups in total. The van der Waals surface area contributed by atoms with E-state index in [1.807, 2.05) is 13.8 Å². The quantitative estimate of drug-likeness (QED) is 0.617. The van der Waals surface area contributed by atoms with Crippen LogP contribution >= 0.6 is 0 Å². The van der Waals surface area contributed by atoms with Crippen molar-refractivity contribution in [1.29, 1.82) is 0 Å².